The highest BCUT2D eigenvalue weighted by atomic mass is 16.3. The first-order chi connectivity index (χ1) is 8.93. The molecule has 3 fully saturated rings. The molecule has 2 bridgehead atoms. The van der Waals surface area contributed by atoms with Gasteiger partial charge in [0, 0.05) is 0 Å². The summed E-state index contributed by atoms with van der Waals surface area (Å²) >= 11 is 0. The molecule has 4 rings (SSSR count). The van der Waals surface area contributed by atoms with Gasteiger partial charge in [0.25, 0.3) is 5.91 Å². The van der Waals surface area contributed by atoms with Gasteiger partial charge >= 0.3 is 0 Å². The first-order valence-corrected chi connectivity index (χ1v) is 7.04. The zero-order valence-corrected chi connectivity index (χ0v) is 11.5. The molecule has 3 aliphatic rings. The van der Waals surface area contributed by atoms with Crippen LogP contribution < -0.4 is 5.73 Å². The van der Waals surface area contributed by atoms with Crippen LogP contribution in [0, 0.1) is 17.3 Å². The molecule has 102 valence electrons. The predicted molar refractivity (Wildman–Crippen MR) is 74.0 cm³/mol. The third-order valence-electron chi connectivity index (χ3n) is 5.59. The monoisotopic (exact) mass is 259 g/mol. The van der Waals surface area contributed by atoms with Crippen molar-refractivity contribution >= 4 is 5.91 Å². The minimum atomic E-state index is -0.555. The van der Waals surface area contributed by atoms with Crippen molar-refractivity contribution in [3.63, 3.8) is 0 Å². The first kappa shape index (κ1) is 12.5. The average Bonchev–Trinajstić information content (AvgIpc) is 2.38. The number of hydrogen-bond donors (Lipinski definition) is 2. The van der Waals surface area contributed by atoms with Crippen molar-refractivity contribution in [1.82, 2.24) is 0 Å². The van der Waals surface area contributed by atoms with Gasteiger partial charge < -0.3 is 10.8 Å². The number of nitrogens with two attached hydrogens (primary N) is 1. The van der Waals surface area contributed by atoms with E-state index in [9.17, 15) is 9.90 Å². The molecule has 0 aromatic heterocycles. The average molecular weight is 259 g/mol. The van der Waals surface area contributed by atoms with Gasteiger partial charge in [-0.2, -0.15) is 0 Å². The van der Waals surface area contributed by atoms with Crippen LogP contribution in [0.4, 0.5) is 0 Å². The Morgan fingerprint density at radius 1 is 1.37 bits per heavy atom. The molecular weight excluding hydrogens is 238 g/mol. The van der Waals surface area contributed by atoms with Gasteiger partial charge in [-0.3, -0.25) is 4.79 Å². The lowest BCUT2D eigenvalue weighted by atomic mass is 9.45. The van der Waals surface area contributed by atoms with E-state index in [0.29, 0.717) is 17.3 Å². The van der Waals surface area contributed by atoms with E-state index in [1.165, 1.54) is 12.8 Å². The lowest BCUT2D eigenvalue weighted by Gasteiger charge is -2.60. The summed E-state index contributed by atoms with van der Waals surface area (Å²) in [5.74, 6) is 1.34. The molecule has 0 spiro atoms. The van der Waals surface area contributed by atoms with E-state index >= 15 is 0 Å². The van der Waals surface area contributed by atoms with Crippen molar-refractivity contribution in [2.24, 2.45) is 23.0 Å². The van der Waals surface area contributed by atoms with E-state index in [2.05, 4.69) is 13.8 Å². The Balaban J connectivity index is 1.99. The van der Waals surface area contributed by atoms with Crippen molar-refractivity contribution in [1.29, 1.82) is 0 Å². The molecule has 0 heterocycles. The molecule has 1 amide bonds. The number of benzene rings is 1. The lowest BCUT2D eigenvalue weighted by molar-refractivity contribution is -0.0808. The lowest BCUT2D eigenvalue weighted by Crippen LogP contribution is -2.51. The van der Waals surface area contributed by atoms with Crippen LogP contribution in [0.3, 0.4) is 0 Å². The summed E-state index contributed by atoms with van der Waals surface area (Å²) in [6.07, 6.45) is 3.57. The second-order valence-corrected chi connectivity index (χ2v) is 6.65. The van der Waals surface area contributed by atoms with Crippen molar-refractivity contribution in [3.8, 4) is 5.75 Å². The van der Waals surface area contributed by atoms with Gasteiger partial charge in [0.05, 0.1) is 5.56 Å². The summed E-state index contributed by atoms with van der Waals surface area (Å²) in [7, 11) is 0. The molecule has 3 aliphatic carbocycles. The highest BCUT2D eigenvalue weighted by molar-refractivity contribution is 5.96. The smallest absolute Gasteiger partial charge is 0.252 e. The van der Waals surface area contributed by atoms with Crippen molar-refractivity contribution in [2.75, 3.05) is 0 Å². The summed E-state index contributed by atoms with van der Waals surface area (Å²) in [6.45, 7) is 4.65. The van der Waals surface area contributed by atoms with Gasteiger partial charge in [0.2, 0.25) is 0 Å². The molecular formula is C16H21NO2. The number of phenols is 1. The van der Waals surface area contributed by atoms with E-state index in [4.69, 9.17) is 5.73 Å². The third kappa shape index (κ3) is 1.67. The van der Waals surface area contributed by atoms with Crippen LogP contribution in [-0.2, 0) is 0 Å². The van der Waals surface area contributed by atoms with Crippen LogP contribution in [0.1, 0.15) is 54.9 Å². The largest absolute Gasteiger partial charge is 0.507 e. The highest BCUT2D eigenvalue weighted by Crippen LogP contribution is 2.64. The molecule has 3 atom stereocenters. The van der Waals surface area contributed by atoms with Gasteiger partial charge in [0.15, 0.2) is 0 Å². The second kappa shape index (κ2) is 3.99. The fourth-order valence-corrected chi connectivity index (χ4v) is 4.24. The molecule has 0 radical (unpaired) electrons. The van der Waals surface area contributed by atoms with E-state index < -0.39 is 5.91 Å². The minimum Gasteiger partial charge on any atom is -0.507 e. The zero-order valence-electron chi connectivity index (χ0n) is 11.5. The number of aromatic hydroxyl groups is 1. The zero-order chi connectivity index (χ0) is 13.8. The van der Waals surface area contributed by atoms with E-state index in [1.54, 1.807) is 6.07 Å². The highest BCUT2D eigenvalue weighted by Gasteiger charge is 2.54. The SMILES string of the molecule is CC1(C)C2CCC(c3cccc(C(N)=O)c3O)C1C2. The van der Waals surface area contributed by atoms with Gasteiger partial charge in [-0.15, -0.1) is 0 Å². The summed E-state index contributed by atoms with van der Waals surface area (Å²) in [5.41, 5.74) is 6.83. The van der Waals surface area contributed by atoms with E-state index in [1.807, 2.05) is 12.1 Å². The summed E-state index contributed by atoms with van der Waals surface area (Å²) in [4.78, 5) is 11.3. The second-order valence-electron chi connectivity index (χ2n) is 6.65. The molecule has 1 aromatic carbocycles. The third-order valence-corrected chi connectivity index (χ3v) is 5.59. The topological polar surface area (TPSA) is 63.3 Å². The maximum absolute atomic E-state index is 11.3. The Hall–Kier alpha value is -1.51. The number of rotatable bonds is 2. The predicted octanol–water partition coefficient (Wildman–Crippen LogP) is 3.03. The first-order valence-electron chi connectivity index (χ1n) is 7.04. The standard InChI is InChI=1S/C16H21NO2/c1-16(2)9-6-7-10(13(16)8-9)11-4-3-5-12(14(11)18)15(17)19/h3-5,9-10,13,18H,6-8H2,1-2H3,(H2,17,19). The molecule has 19 heavy (non-hydrogen) atoms. The Labute approximate surface area is 113 Å². The Kier molecular flexibility index (Phi) is 2.63. The molecule has 3 nitrogen and oxygen atoms in total. The van der Waals surface area contributed by atoms with Crippen molar-refractivity contribution < 1.29 is 9.90 Å². The number of carbonyl (C=O) groups excluding carboxylic acids is 1. The molecule has 3 heteroatoms. The number of fused-ring (bicyclic) bond motifs is 2. The van der Waals surface area contributed by atoms with Crippen LogP contribution in [0.25, 0.3) is 0 Å². The van der Waals surface area contributed by atoms with Crippen LogP contribution >= 0.6 is 0 Å². The summed E-state index contributed by atoms with van der Waals surface area (Å²) in [6, 6.07) is 5.37. The number of primary amides is 1. The quantitative estimate of drug-likeness (QED) is 0.857. The Bertz CT molecular complexity index is 534. The normalized spacial score (nSPS) is 31.6. The minimum absolute atomic E-state index is 0.0983. The number of hydrogen-bond acceptors (Lipinski definition) is 2. The fourth-order valence-electron chi connectivity index (χ4n) is 4.24. The molecule has 3 unspecified atom stereocenters. The maximum Gasteiger partial charge on any atom is 0.252 e. The van der Waals surface area contributed by atoms with E-state index in [0.717, 1.165) is 17.9 Å². The maximum atomic E-state index is 11.3. The molecule has 0 saturated heterocycles. The number of para-hydroxylation sites is 1. The van der Waals surface area contributed by atoms with Gasteiger partial charge in [0.1, 0.15) is 5.75 Å². The van der Waals surface area contributed by atoms with E-state index in [-0.39, 0.29) is 11.3 Å². The van der Waals surface area contributed by atoms with Crippen LogP contribution in [0.5, 0.6) is 5.75 Å². The van der Waals surface area contributed by atoms with Crippen LogP contribution in [0.15, 0.2) is 18.2 Å². The molecule has 0 aliphatic heterocycles. The molecule has 3 saturated carbocycles. The van der Waals surface area contributed by atoms with Crippen LogP contribution in [0.2, 0.25) is 0 Å². The van der Waals surface area contributed by atoms with Gasteiger partial charge in [-0.25, -0.2) is 0 Å². The fraction of sp³-hybridized carbons (Fsp3) is 0.562. The Morgan fingerprint density at radius 2 is 2.11 bits per heavy atom. The molecule has 3 N–H and O–H groups in total. The summed E-state index contributed by atoms with van der Waals surface area (Å²) < 4.78 is 0. The number of amides is 1. The van der Waals surface area contributed by atoms with Crippen molar-refractivity contribution in [2.45, 2.75) is 39.0 Å². The van der Waals surface area contributed by atoms with Gasteiger partial charge in [-0.05, 0) is 54.1 Å². The molecule has 1 aromatic rings. The van der Waals surface area contributed by atoms with Crippen molar-refractivity contribution in [3.05, 3.63) is 29.3 Å². The number of carbonyl (C=O) groups is 1. The van der Waals surface area contributed by atoms with Crippen LogP contribution in [-0.4, -0.2) is 11.0 Å². The summed E-state index contributed by atoms with van der Waals surface area (Å²) in [5, 5.41) is 10.3. The Morgan fingerprint density at radius 3 is 2.68 bits per heavy atom. The van der Waals surface area contributed by atoms with Gasteiger partial charge in [-0.1, -0.05) is 26.0 Å².